The summed E-state index contributed by atoms with van der Waals surface area (Å²) in [5.74, 6) is -0.0329. The first-order valence-electron chi connectivity index (χ1n) is 3.20. The fourth-order valence-corrected chi connectivity index (χ4v) is 0.671. The van der Waals surface area contributed by atoms with Crippen molar-refractivity contribution in [2.75, 3.05) is 5.33 Å². The van der Waals surface area contributed by atoms with E-state index in [2.05, 4.69) is 21.2 Å². The van der Waals surface area contributed by atoms with Gasteiger partial charge in [-0.05, 0) is 19.9 Å². The van der Waals surface area contributed by atoms with Gasteiger partial charge in [-0.15, -0.1) is 0 Å². The number of halogens is 1. The van der Waals surface area contributed by atoms with Gasteiger partial charge >= 0.3 is 0 Å². The quantitative estimate of drug-likeness (QED) is 0.549. The minimum Gasteiger partial charge on any atom is -0.350 e. The molecule has 0 saturated carbocycles. The molecule has 0 spiro atoms. The summed E-state index contributed by atoms with van der Waals surface area (Å²) in [6.45, 7) is 3.86. The van der Waals surface area contributed by atoms with E-state index in [-0.39, 0.29) is 11.9 Å². The second-order valence-electron chi connectivity index (χ2n) is 2.22. The van der Waals surface area contributed by atoms with Crippen molar-refractivity contribution in [1.29, 1.82) is 0 Å². The van der Waals surface area contributed by atoms with E-state index in [0.717, 1.165) is 5.33 Å². The van der Waals surface area contributed by atoms with Crippen LogP contribution in [-0.2, 0) is 4.79 Å². The second-order valence-corrected chi connectivity index (χ2v) is 2.87. The van der Waals surface area contributed by atoms with Gasteiger partial charge in [-0.1, -0.05) is 22.0 Å². The molecule has 0 aromatic rings. The molecule has 0 rings (SSSR count). The van der Waals surface area contributed by atoms with Crippen LogP contribution in [0.3, 0.4) is 0 Å². The maximum Gasteiger partial charge on any atom is 0.243 e. The summed E-state index contributed by atoms with van der Waals surface area (Å²) < 4.78 is 0. The zero-order chi connectivity index (χ0) is 7.98. The molecule has 0 aliphatic carbocycles. The molecule has 10 heavy (non-hydrogen) atoms. The number of carbonyl (C=O) groups is 1. The first-order valence-corrected chi connectivity index (χ1v) is 4.32. The highest BCUT2D eigenvalue weighted by Crippen LogP contribution is 1.83. The lowest BCUT2D eigenvalue weighted by atomic mass is 10.4. The fourth-order valence-electron chi connectivity index (χ4n) is 0.484. The van der Waals surface area contributed by atoms with E-state index < -0.39 is 0 Å². The van der Waals surface area contributed by atoms with E-state index in [4.69, 9.17) is 0 Å². The van der Waals surface area contributed by atoms with Crippen molar-refractivity contribution in [2.24, 2.45) is 0 Å². The highest BCUT2D eigenvalue weighted by atomic mass is 79.9. The fraction of sp³-hybridized carbons (Fsp3) is 0.571. The van der Waals surface area contributed by atoms with E-state index >= 15 is 0 Å². The van der Waals surface area contributed by atoms with Gasteiger partial charge in [0.15, 0.2) is 0 Å². The van der Waals surface area contributed by atoms with Crippen LogP contribution in [0.25, 0.3) is 0 Å². The lowest BCUT2D eigenvalue weighted by Gasteiger charge is -2.03. The van der Waals surface area contributed by atoms with Gasteiger partial charge in [-0.2, -0.15) is 0 Å². The third-order valence-corrected chi connectivity index (χ3v) is 1.16. The molecule has 0 aromatic heterocycles. The van der Waals surface area contributed by atoms with Crippen LogP contribution < -0.4 is 5.32 Å². The number of allylic oxidation sites excluding steroid dienone is 1. The lowest BCUT2D eigenvalue weighted by Crippen LogP contribution is -2.28. The van der Waals surface area contributed by atoms with Crippen molar-refractivity contribution >= 4 is 21.8 Å². The number of rotatable bonds is 3. The molecule has 0 aliphatic rings. The predicted molar refractivity (Wildman–Crippen MR) is 46.2 cm³/mol. The maximum atomic E-state index is 10.8. The molecule has 58 valence electrons. The Morgan fingerprint density at radius 2 is 2.30 bits per heavy atom. The van der Waals surface area contributed by atoms with Crippen LogP contribution in [0.1, 0.15) is 13.8 Å². The third-order valence-electron chi connectivity index (χ3n) is 0.789. The summed E-state index contributed by atoms with van der Waals surface area (Å²) in [6.07, 6.45) is 3.28. The molecule has 0 aromatic carbocycles. The van der Waals surface area contributed by atoms with E-state index in [0.29, 0.717) is 0 Å². The molecule has 0 aliphatic heterocycles. The van der Waals surface area contributed by atoms with E-state index in [1.54, 1.807) is 6.08 Å². The van der Waals surface area contributed by atoms with Crippen molar-refractivity contribution in [3.05, 3.63) is 12.2 Å². The van der Waals surface area contributed by atoms with Crippen molar-refractivity contribution in [3.8, 4) is 0 Å². The van der Waals surface area contributed by atoms with Gasteiger partial charge in [-0.3, -0.25) is 4.79 Å². The van der Waals surface area contributed by atoms with Crippen LogP contribution in [-0.4, -0.2) is 17.3 Å². The number of hydrogen-bond donors (Lipinski definition) is 1. The lowest BCUT2D eigenvalue weighted by molar-refractivity contribution is -0.116. The minimum absolute atomic E-state index is 0.0329. The predicted octanol–water partition coefficient (Wildman–Crippen LogP) is 1.46. The van der Waals surface area contributed by atoms with Crippen molar-refractivity contribution in [3.63, 3.8) is 0 Å². The Morgan fingerprint density at radius 1 is 1.70 bits per heavy atom. The van der Waals surface area contributed by atoms with Gasteiger partial charge in [0.05, 0.1) is 0 Å². The summed E-state index contributed by atoms with van der Waals surface area (Å²) in [4.78, 5) is 10.8. The Balaban J connectivity index is 3.54. The molecule has 0 saturated heterocycles. The topological polar surface area (TPSA) is 29.1 Å². The summed E-state index contributed by atoms with van der Waals surface area (Å²) in [5, 5.41) is 3.45. The maximum absolute atomic E-state index is 10.8. The first-order chi connectivity index (χ1) is 4.66. The van der Waals surface area contributed by atoms with Crippen LogP contribution >= 0.6 is 15.9 Å². The summed E-state index contributed by atoms with van der Waals surface area (Å²) in [6, 6.07) is 0.215. The highest BCUT2D eigenvalue weighted by Gasteiger charge is 1.95. The van der Waals surface area contributed by atoms with Crippen LogP contribution in [0.5, 0.6) is 0 Å². The minimum atomic E-state index is -0.0329. The van der Waals surface area contributed by atoms with Crippen molar-refractivity contribution < 1.29 is 4.79 Å². The van der Waals surface area contributed by atoms with Crippen LogP contribution in [0.15, 0.2) is 12.2 Å². The first kappa shape index (κ1) is 9.69. The third kappa shape index (κ3) is 5.82. The van der Waals surface area contributed by atoms with Crippen LogP contribution in [0.4, 0.5) is 0 Å². The number of carbonyl (C=O) groups excluding carboxylic acids is 1. The van der Waals surface area contributed by atoms with Gasteiger partial charge in [0, 0.05) is 11.4 Å². The smallest absolute Gasteiger partial charge is 0.243 e. The Bertz CT molecular complexity index is 132. The summed E-state index contributed by atoms with van der Waals surface area (Å²) in [7, 11) is 0. The Labute approximate surface area is 69.8 Å². The van der Waals surface area contributed by atoms with Crippen molar-refractivity contribution in [2.45, 2.75) is 19.9 Å². The van der Waals surface area contributed by atoms with Gasteiger partial charge in [0.25, 0.3) is 0 Å². The van der Waals surface area contributed by atoms with Gasteiger partial charge < -0.3 is 5.32 Å². The molecular weight excluding hydrogens is 194 g/mol. The molecule has 0 radical (unpaired) electrons. The highest BCUT2D eigenvalue weighted by molar-refractivity contribution is 9.09. The average molecular weight is 206 g/mol. The van der Waals surface area contributed by atoms with E-state index in [1.807, 2.05) is 13.8 Å². The SMILES string of the molecule is CC(C)NC(=O)C=CCBr. The molecule has 0 bridgehead atoms. The van der Waals surface area contributed by atoms with Gasteiger partial charge in [0.1, 0.15) is 0 Å². The molecule has 1 amide bonds. The Morgan fingerprint density at radius 3 is 2.70 bits per heavy atom. The molecule has 1 N–H and O–H groups in total. The molecule has 2 nitrogen and oxygen atoms in total. The standard InChI is InChI=1S/C7H12BrNO/c1-6(2)9-7(10)4-3-5-8/h3-4,6H,5H2,1-2H3,(H,9,10). The van der Waals surface area contributed by atoms with Gasteiger partial charge in [0.2, 0.25) is 5.91 Å². The number of hydrogen-bond acceptors (Lipinski definition) is 1. The molecular formula is C7H12BrNO. The molecule has 3 heteroatoms. The molecule has 0 unspecified atom stereocenters. The van der Waals surface area contributed by atoms with Crippen LogP contribution in [0, 0.1) is 0 Å². The number of alkyl halides is 1. The summed E-state index contributed by atoms with van der Waals surface area (Å²) >= 11 is 3.18. The average Bonchev–Trinajstić information content (AvgIpc) is 1.82. The van der Waals surface area contributed by atoms with Crippen LogP contribution in [0.2, 0.25) is 0 Å². The normalized spacial score (nSPS) is 10.8. The van der Waals surface area contributed by atoms with Gasteiger partial charge in [-0.25, -0.2) is 0 Å². The largest absolute Gasteiger partial charge is 0.350 e. The molecule has 0 atom stereocenters. The molecule has 0 heterocycles. The van der Waals surface area contributed by atoms with Crippen molar-refractivity contribution in [1.82, 2.24) is 5.32 Å². The number of nitrogens with one attached hydrogen (secondary N) is 1. The Hall–Kier alpha value is -0.310. The monoisotopic (exact) mass is 205 g/mol. The second kappa shape index (κ2) is 5.47. The zero-order valence-corrected chi connectivity index (χ0v) is 7.81. The summed E-state index contributed by atoms with van der Waals surface area (Å²) in [5.41, 5.74) is 0. The Kier molecular flexibility index (Phi) is 5.30. The van der Waals surface area contributed by atoms with E-state index in [9.17, 15) is 4.79 Å². The van der Waals surface area contributed by atoms with E-state index in [1.165, 1.54) is 6.08 Å². The number of amides is 1. The zero-order valence-electron chi connectivity index (χ0n) is 6.23. The molecule has 0 fully saturated rings.